The van der Waals surface area contributed by atoms with Gasteiger partial charge in [0.25, 0.3) is 5.91 Å². The van der Waals surface area contributed by atoms with E-state index < -0.39 is 23.8 Å². The molecule has 1 N–H and O–H groups in total. The van der Waals surface area contributed by atoms with Crippen molar-refractivity contribution in [3.63, 3.8) is 0 Å². The van der Waals surface area contributed by atoms with Gasteiger partial charge in [-0.3, -0.25) is 4.79 Å². The van der Waals surface area contributed by atoms with Gasteiger partial charge in [0.05, 0.1) is 24.3 Å². The van der Waals surface area contributed by atoms with Crippen LogP contribution in [0.15, 0.2) is 36.4 Å². The zero-order valence-electron chi connectivity index (χ0n) is 15.8. The van der Waals surface area contributed by atoms with Crippen molar-refractivity contribution in [2.24, 2.45) is 0 Å². The molecule has 6 nitrogen and oxygen atoms in total. The second-order valence-corrected chi connectivity index (χ2v) is 6.29. The molecule has 0 bridgehead atoms. The Morgan fingerprint density at radius 2 is 2.00 bits per heavy atom. The minimum atomic E-state index is -1.11. The van der Waals surface area contributed by atoms with Crippen molar-refractivity contribution in [3.8, 4) is 11.5 Å². The Hall–Kier alpha value is -2.80. The van der Waals surface area contributed by atoms with E-state index in [0.717, 1.165) is 12.5 Å². The lowest BCUT2D eigenvalue weighted by molar-refractivity contribution is -0.123. The van der Waals surface area contributed by atoms with Gasteiger partial charge in [-0.05, 0) is 43.7 Å². The van der Waals surface area contributed by atoms with Crippen molar-refractivity contribution in [1.29, 1.82) is 0 Å². The number of methoxy groups -OCH3 is 1. The molecule has 0 saturated heterocycles. The Labute approximate surface area is 167 Å². The summed E-state index contributed by atoms with van der Waals surface area (Å²) in [6, 6.07) is 8.20. The summed E-state index contributed by atoms with van der Waals surface area (Å²) in [5.41, 5.74) is 0.367. The van der Waals surface area contributed by atoms with Gasteiger partial charge < -0.3 is 19.5 Å². The molecule has 0 aliphatic rings. The summed E-state index contributed by atoms with van der Waals surface area (Å²) in [7, 11) is 1.43. The highest BCUT2D eigenvalue weighted by molar-refractivity contribution is 6.32. The lowest BCUT2D eigenvalue weighted by Crippen LogP contribution is -2.30. The zero-order chi connectivity index (χ0) is 20.7. The molecule has 1 atom stereocenters. The van der Waals surface area contributed by atoms with E-state index in [1.807, 2.05) is 6.92 Å². The van der Waals surface area contributed by atoms with Crippen LogP contribution >= 0.6 is 11.6 Å². The van der Waals surface area contributed by atoms with Crippen LogP contribution in [0, 0.1) is 5.82 Å². The molecule has 0 aliphatic carbocycles. The fourth-order valence-corrected chi connectivity index (χ4v) is 2.54. The second-order valence-electron chi connectivity index (χ2n) is 5.89. The zero-order valence-corrected chi connectivity index (χ0v) is 16.5. The number of carbonyl (C=O) groups is 2. The number of esters is 1. The number of hydrogen-bond donors (Lipinski definition) is 1. The van der Waals surface area contributed by atoms with Crippen LogP contribution < -0.4 is 14.8 Å². The molecule has 0 aromatic heterocycles. The molecule has 28 heavy (non-hydrogen) atoms. The minimum Gasteiger partial charge on any atom is -0.493 e. The summed E-state index contributed by atoms with van der Waals surface area (Å²) >= 11 is 6.19. The molecule has 0 radical (unpaired) electrons. The Bertz CT molecular complexity index is 858. The van der Waals surface area contributed by atoms with Crippen LogP contribution in [0.1, 0.15) is 30.6 Å². The van der Waals surface area contributed by atoms with E-state index in [1.165, 1.54) is 44.4 Å². The number of nitrogens with one attached hydrogen (secondary N) is 1. The number of halogens is 2. The van der Waals surface area contributed by atoms with Gasteiger partial charge in [0.15, 0.2) is 17.6 Å². The monoisotopic (exact) mass is 409 g/mol. The number of benzene rings is 2. The summed E-state index contributed by atoms with van der Waals surface area (Å²) in [5.74, 6) is -1.23. The molecular formula is C20H21ClFNO5. The Morgan fingerprint density at radius 3 is 2.64 bits per heavy atom. The molecule has 0 heterocycles. The summed E-state index contributed by atoms with van der Waals surface area (Å²) in [4.78, 5) is 24.6. The topological polar surface area (TPSA) is 73.9 Å². The molecular weight excluding hydrogens is 389 g/mol. The summed E-state index contributed by atoms with van der Waals surface area (Å²) in [6.45, 7) is 3.80. The summed E-state index contributed by atoms with van der Waals surface area (Å²) in [5, 5.41) is 2.67. The molecule has 0 saturated carbocycles. The van der Waals surface area contributed by atoms with Gasteiger partial charge in [-0.25, -0.2) is 9.18 Å². The summed E-state index contributed by atoms with van der Waals surface area (Å²) in [6.07, 6.45) is -0.335. The van der Waals surface area contributed by atoms with Gasteiger partial charge in [0, 0.05) is 5.69 Å². The molecule has 1 amide bonds. The largest absolute Gasteiger partial charge is 0.493 e. The standard InChI is InChI=1S/C20H21ClFNO5/c1-4-8-27-18-16(21)9-13(10-17(18)26-3)20(25)28-12(2)19(24)23-15-7-5-6-14(22)11-15/h5-7,9-12H,4,8H2,1-3H3,(H,23,24)/t12-/m1/s1. The Kier molecular flexibility index (Phi) is 7.63. The number of hydrogen-bond acceptors (Lipinski definition) is 5. The normalized spacial score (nSPS) is 11.5. The van der Waals surface area contributed by atoms with Crippen molar-refractivity contribution < 1.29 is 28.2 Å². The summed E-state index contributed by atoms with van der Waals surface area (Å²) < 4.78 is 29.1. The predicted octanol–water partition coefficient (Wildman–Crippen LogP) is 4.46. The van der Waals surface area contributed by atoms with Crippen molar-refractivity contribution in [2.45, 2.75) is 26.4 Å². The molecule has 0 fully saturated rings. The average molecular weight is 410 g/mol. The smallest absolute Gasteiger partial charge is 0.339 e. The van der Waals surface area contributed by atoms with Crippen LogP contribution in [0.2, 0.25) is 5.02 Å². The predicted molar refractivity (Wildman–Crippen MR) is 104 cm³/mol. The first-order valence-electron chi connectivity index (χ1n) is 8.63. The molecule has 0 unspecified atom stereocenters. The average Bonchev–Trinajstić information content (AvgIpc) is 2.66. The number of amides is 1. The van der Waals surface area contributed by atoms with Gasteiger partial charge in [-0.1, -0.05) is 24.6 Å². The van der Waals surface area contributed by atoms with E-state index in [9.17, 15) is 14.0 Å². The molecule has 2 rings (SSSR count). The Balaban J connectivity index is 2.08. The lowest BCUT2D eigenvalue weighted by Gasteiger charge is -2.16. The van der Waals surface area contributed by atoms with Gasteiger partial charge >= 0.3 is 5.97 Å². The third kappa shape index (κ3) is 5.60. The van der Waals surface area contributed by atoms with Gasteiger partial charge in [0.2, 0.25) is 0 Å². The van der Waals surface area contributed by atoms with Crippen LogP contribution in [0.3, 0.4) is 0 Å². The maximum absolute atomic E-state index is 13.2. The van der Waals surface area contributed by atoms with Crippen molar-refractivity contribution in [1.82, 2.24) is 0 Å². The number of ether oxygens (including phenoxy) is 3. The molecule has 0 spiro atoms. The SMILES string of the molecule is CCCOc1c(Cl)cc(C(=O)O[C@H](C)C(=O)Nc2cccc(F)c2)cc1OC. The van der Waals surface area contributed by atoms with Crippen LogP contribution in [-0.2, 0) is 9.53 Å². The van der Waals surface area contributed by atoms with Crippen molar-refractivity contribution in [2.75, 3.05) is 19.0 Å². The Morgan fingerprint density at radius 1 is 1.25 bits per heavy atom. The second kappa shape index (κ2) is 9.94. The van der Waals surface area contributed by atoms with E-state index in [4.69, 9.17) is 25.8 Å². The van der Waals surface area contributed by atoms with Crippen molar-refractivity contribution >= 4 is 29.2 Å². The third-order valence-corrected chi connectivity index (χ3v) is 3.94. The number of carbonyl (C=O) groups excluding carboxylic acids is 2. The highest BCUT2D eigenvalue weighted by Crippen LogP contribution is 2.36. The maximum Gasteiger partial charge on any atom is 0.339 e. The van der Waals surface area contributed by atoms with Crippen LogP contribution in [-0.4, -0.2) is 31.7 Å². The van der Waals surface area contributed by atoms with Gasteiger partial charge in [-0.15, -0.1) is 0 Å². The molecule has 2 aromatic carbocycles. The highest BCUT2D eigenvalue weighted by Gasteiger charge is 2.22. The first-order valence-corrected chi connectivity index (χ1v) is 9.01. The van der Waals surface area contributed by atoms with Gasteiger partial charge in [-0.2, -0.15) is 0 Å². The first kappa shape index (κ1) is 21.5. The molecule has 0 aliphatic heterocycles. The molecule has 8 heteroatoms. The van der Waals surface area contributed by atoms with Crippen LogP contribution in [0.5, 0.6) is 11.5 Å². The van der Waals surface area contributed by atoms with E-state index >= 15 is 0 Å². The van der Waals surface area contributed by atoms with E-state index in [-0.39, 0.29) is 22.0 Å². The lowest BCUT2D eigenvalue weighted by atomic mass is 10.2. The van der Waals surface area contributed by atoms with E-state index in [1.54, 1.807) is 0 Å². The van der Waals surface area contributed by atoms with Crippen LogP contribution in [0.4, 0.5) is 10.1 Å². The molecule has 150 valence electrons. The fourth-order valence-electron chi connectivity index (χ4n) is 2.27. The van der Waals surface area contributed by atoms with Gasteiger partial charge in [0.1, 0.15) is 5.82 Å². The number of rotatable bonds is 8. The van der Waals surface area contributed by atoms with E-state index in [2.05, 4.69) is 5.32 Å². The van der Waals surface area contributed by atoms with Crippen molar-refractivity contribution in [3.05, 3.63) is 52.8 Å². The highest BCUT2D eigenvalue weighted by atomic mass is 35.5. The molecule has 2 aromatic rings. The first-order chi connectivity index (χ1) is 13.3. The third-order valence-electron chi connectivity index (χ3n) is 3.66. The minimum absolute atomic E-state index is 0.108. The van der Waals surface area contributed by atoms with E-state index in [0.29, 0.717) is 12.4 Å². The maximum atomic E-state index is 13.2. The number of anilines is 1. The fraction of sp³-hybridized carbons (Fsp3) is 0.300. The van der Waals surface area contributed by atoms with Crippen LogP contribution in [0.25, 0.3) is 0 Å². The quantitative estimate of drug-likeness (QED) is 0.651.